The second kappa shape index (κ2) is 4.11. The first-order valence-electron chi connectivity index (χ1n) is 5.34. The predicted octanol–water partition coefficient (Wildman–Crippen LogP) is 0.210. The van der Waals surface area contributed by atoms with Gasteiger partial charge in [0, 0.05) is 0 Å². The van der Waals surface area contributed by atoms with Crippen molar-refractivity contribution < 1.29 is 0 Å². The van der Waals surface area contributed by atoms with Crippen molar-refractivity contribution in [3.63, 3.8) is 0 Å². The third-order valence-electron chi connectivity index (χ3n) is 2.78. The van der Waals surface area contributed by atoms with Crippen molar-refractivity contribution in [1.82, 2.24) is 30.8 Å². The Morgan fingerprint density at radius 1 is 0.750 bits per heavy atom. The van der Waals surface area contributed by atoms with E-state index in [1.165, 1.54) is 22.7 Å². The Kier molecular flexibility index (Phi) is 2.37. The number of anilines is 2. The molecule has 0 radical (unpaired) electrons. The van der Waals surface area contributed by atoms with Crippen molar-refractivity contribution in [3.8, 4) is 0 Å². The van der Waals surface area contributed by atoms with Crippen LogP contribution in [-0.2, 0) is 0 Å². The van der Waals surface area contributed by atoms with E-state index in [1.807, 2.05) is 0 Å². The molecule has 0 bridgehead atoms. The quantitative estimate of drug-likeness (QED) is 0.298. The van der Waals surface area contributed by atoms with E-state index in [1.54, 1.807) is 0 Å². The molecule has 0 aliphatic rings. The van der Waals surface area contributed by atoms with Gasteiger partial charge < -0.3 is 10.9 Å². The molecule has 0 fully saturated rings. The lowest BCUT2D eigenvalue weighted by atomic mass is 10.3. The second-order valence-corrected chi connectivity index (χ2v) is 6.09. The number of aromatic nitrogens is 6. The van der Waals surface area contributed by atoms with E-state index in [4.69, 9.17) is 11.7 Å². The van der Waals surface area contributed by atoms with E-state index in [2.05, 4.69) is 41.7 Å². The van der Waals surface area contributed by atoms with Gasteiger partial charge in [0.2, 0.25) is 0 Å². The third kappa shape index (κ3) is 1.38. The largest absolute Gasteiger partial charge is 0.306 e. The lowest BCUT2D eigenvalue weighted by molar-refractivity contribution is 0.895. The van der Waals surface area contributed by atoms with Crippen LogP contribution in [-0.4, -0.2) is 30.8 Å². The molecule has 20 heavy (non-hydrogen) atoms. The zero-order chi connectivity index (χ0) is 13.7. The molecular formula is C8H6N10S2. The van der Waals surface area contributed by atoms with E-state index >= 15 is 0 Å². The topological polar surface area (TPSA) is 153 Å². The lowest BCUT2D eigenvalue weighted by Crippen LogP contribution is -2.10. The van der Waals surface area contributed by atoms with Crippen LogP contribution in [0.3, 0.4) is 0 Å². The molecule has 0 saturated carbocycles. The van der Waals surface area contributed by atoms with Gasteiger partial charge in [0.25, 0.3) is 0 Å². The predicted molar refractivity (Wildman–Crippen MR) is 77.1 cm³/mol. The fourth-order valence-electron chi connectivity index (χ4n) is 1.95. The number of hydrogen-bond acceptors (Lipinski definition) is 12. The van der Waals surface area contributed by atoms with Gasteiger partial charge in [-0.15, -0.1) is 43.1 Å². The van der Waals surface area contributed by atoms with Crippen LogP contribution in [0.2, 0.25) is 0 Å². The maximum Gasteiger partial charge on any atom is 0.184 e. The summed E-state index contributed by atoms with van der Waals surface area (Å²) < 4.78 is 2.66. The molecule has 10 nitrogen and oxygen atoms in total. The molecule has 0 atom stereocenters. The van der Waals surface area contributed by atoms with Crippen molar-refractivity contribution in [3.05, 3.63) is 0 Å². The Hall–Kier alpha value is -2.28. The molecule has 4 rings (SSSR count). The fraction of sp³-hybridized carbons (Fsp3) is 0. The summed E-state index contributed by atoms with van der Waals surface area (Å²) >= 11 is 3.01. The molecule has 0 aliphatic carbocycles. The molecular weight excluding hydrogens is 300 g/mol. The summed E-state index contributed by atoms with van der Waals surface area (Å²) in [7, 11) is 0. The van der Waals surface area contributed by atoms with Gasteiger partial charge in [0.15, 0.2) is 11.6 Å². The molecule has 0 saturated heterocycles. The summed E-state index contributed by atoms with van der Waals surface area (Å²) in [5.41, 5.74) is 6.39. The van der Waals surface area contributed by atoms with Crippen LogP contribution < -0.4 is 22.5 Å². The number of rotatable bonds is 2. The minimum Gasteiger partial charge on any atom is -0.306 e. The highest BCUT2D eigenvalue weighted by molar-refractivity contribution is 7.44. The van der Waals surface area contributed by atoms with Crippen LogP contribution in [0.4, 0.5) is 11.6 Å². The number of hydrogen-bond donors (Lipinski definition) is 4. The fourth-order valence-corrected chi connectivity index (χ4v) is 4.45. The lowest BCUT2D eigenvalue weighted by Gasteiger charge is -1.98. The van der Waals surface area contributed by atoms with Gasteiger partial charge in [-0.05, 0) is 10.4 Å². The number of nitrogens with zero attached hydrogens (tertiary/aromatic N) is 6. The Morgan fingerprint density at radius 2 is 1.25 bits per heavy atom. The maximum atomic E-state index is 5.43. The van der Waals surface area contributed by atoms with E-state index in [0.29, 0.717) is 22.7 Å². The zero-order valence-electron chi connectivity index (χ0n) is 9.65. The Labute approximate surface area is 118 Å². The Balaban J connectivity index is 2.21. The molecule has 4 aromatic rings. The van der Waals surface area contributed by atoms with Gasteiger partial charge in [-0.3, -0.25) is 0 Å². The van der Waals surface area contributed by atoms with Crippen LogP contribution in [0, 0.1) is 0 Å². The molecule has 12 heteroatoms. The maximum absolute atomic E-state index is 5.43. The van der Waals surface area contributed by atoms with Crippen molar-refractivity contribution in [2.45, 2.75) is 0 Å². The summed E-state index contributed by atoms with van der Waals surface area (Å²) in [5.74, 6) is 11.8. The van der Waals surface area contributed by atoms with Crippen LogP contribution in [0.1, 0.15) is 0 Å². The second-order valence-electron chi connectivity index (χ2n) is 3.79. The Morgan fingerprint density at radius 3 is 1.70 bits per heavy atom. The molecule has 0 amide bonds. The van der Waals surface area contributed by atoms with Gasteiger partial charge >= 0.3 is 0 Å². The first-order valence-corrected chi connectivity index (χ1v) is 6.97. The summed E-state index contributed by atoms with van der Waals surface area (Å²) in [6, 6.07) is 0. The molecule has 0 spiro atoms. The summed E-state index contributed by atoms with van der Waals surface area (Å²) in [4.78, 5) is 0. The monoisotopic (exact) mass is 306 g/mol. The van der Waals surface area contributed by atoms with Gasteiger partial charge in [-0.1, -0.05) is 0 Å². The van der Waals surface area contributed by atoms with Crippen LogP contribution in [0.25, 0.3) is 29.8 Å². The van der Waals surface area contributed by atoms with Crippen LogP contribution >= 0.6 is 22.7 Å². The third-order valence-corrected chi connectivity index (χ3v) is 5.24. The van der Waals surface area contributed by atoms with Crippen molar-refractivity contribution >= 4 is 64.1 Å². The average molecular weight is 306 g/mol. The highest BCUT2D eigenvalue weighted by atomic mass is 32.2. The molecule has 0 aliphatic heterocycles. The highest BCUT2D eigenvalue weighted by Crippen LogP contribution is 2.44. The number of nitrogens with two attached hydrogens (primary N) is 2. The summed E-state index contributed by atoms with van der Waals surface area (Å²) in [6.07, 6.45) is 0. The van der Waals surface area contributed by atoms with E-state index in [-0.39, 0.29) is 0 Å². The number of nitrogen functional groups attached to an aromatic ring is 2. The van der Waals surface area contributed by atoms with Gasteiger partial charge in [0.05, 0.1) is 9.40 Å². The van der Waals surface area contributed by atoms with Gasteiger partial charge in [0.1, 0.15) is 20.4 Å². The van der Waals surface area contributed by atoms with Gasteiger partial charge in [-0.2, -0.15) is 0 Å². The first-order chi connectivity index (χ1) is 9.83. The number of nitrogens with one attached hydrogen (secondary N) is 2. The number of hydrazine groups is 2. The van der Waals surface area contributed by atoms with Crippen molar-refractivity contribution in [1.29, 1.82) is 0 Å². The standard InChI is InChI=1S/C8H6N10S2/c9-11-6-4-2(13-17-15-6)1-3-5(20-8(1)19-4)7(12-10)16-18-14-3/h9-10H2,(H,11,13,15)(H,12,14,16). The Bertz CT molecular complexity index is 869. The van der Waals surface area contributed by atoms with E-state index in [9.17, 15) is 0 Å². The van der Waals surface area contributed by atoms with Crippen LogP contribution in [0.15, 0.2) is 0 Å². The first kappa shape index (κ1) is 11.5. The normalized spacial score (nSPS) is 11.5. The molecule has 100 valence electrons. The minimum absolute atomic E-state index is 0.482. The SMILES string of the molecule is NNc1nnnc2c1sc1sc3c(NN)nnnc3c12. The summed E-state index contributed by atoms with van der Waals surface area (Å²) in [5, 5.41) is 24.1. The average Bonchev–Trinajstić information content (AvgIpc) is 3.02. The zero-order valence-corrected chi connectivity index (χ0v) is 11.3. The number of fused-ring (bicyclic) bond motifs is 5. The molecule has 0 unspecified atom stereocenters. The molecule has 4 heterocycles. The van der Waals surface area contributed by atoms with Crippen molar-refractivity contribution in [2.24, 2.45) is 11.7 Å². The van der Waals surface area contributed by atoms with Crippen molar-refractivity contribution in [2.75, 3.05) is 10.9 Å². The molecule has 0 aromatic carbocycles. The molecule has 6 N–H and O–H groups in total. The highest BCUT2D eigenvalue weighted by Gasteiger charge is 2.20. The van der Waals surface area contributed by atoms with E-state index < -0.39 is 0 Å². The van der Waals surface area contributed by atoms with Crippen LogP contribution in [0.5, 0.6) is 0 Å². The van der Waals surface area contributed by atoms with E-state index in [0.717, 1.165) is 18.8 Å². The minimum atomic E-state index is 0.482. The molecule has 4 aromatic heterocycles. The van der Waals surface area contributed by atoms with Gasteiger partial charge in [-0.25, -0.2) is 11.7 Å². The number of thiophene rings is 2. The smallest absolute Gasteiger partial charge is 0.184 e. The summed E-state index contributed by atoms with van der Waals surface area (Å²) in [6.45, 7) is 0.